The Labute approximate surface area is 336 Å². The first-order valence-electron chi connectivity index (χ1n) is 18.4. The van der Waals surface area contributed by atoms with Gasteiger partial charge < -0.3 is 29.6 Å². The number of aromatic amines is 2. The zero-order chi connectivity index (χ0) is 37.8. The van der Waals surface area contributed by atoms with Gasteiger partial charge in [0.05, 0.1) is 33.2 Å². The van der Waals surface area contributed by atoms with Crippen molar-refractivity contribution in [2.24, 2.45) is 0 Å². The van der Waals surface area contributed by atoms with E-state index < -0.39 is 0 Å². The van der Waals surface area contributed by atoms with Gasteiger partial charge in [-0.15, -0.1) is 0 Å². The van der Waals surface area contributed by atoms with Crippen LogP contribution in [-0.4, -0.2) is 90.0 Å². The van der Waals surface area contributed by atoms with Crippen molar-refractivity contribution in [2.45, 2.75) is 37.8 Å². The van der Waals surface area contributed by atoms with Crippen LogP contribution in [0.2, 0.25) is 20.1 Å². The minimum atomic E-state index is 0.0846. The molecule has 0 bridgehead atoms. The van der Waals surface area contributed by atoms with Crippen LogP contribution in [0, 0.1) is 0 Å². The van der Waals surface area contributed by atoms with E-state index in [0.29, 0.717) is 46.3 Å². The van der Waals surface area contributed by atoms with Crippen molar-refractivity contribution < 1.29 is 4.79 Å². The summed E-state index contributed by atoms with van der Waals surface area (Å²) in [7, 11) is 8.36. The van der Waals surface area contributed by atoms with Gasteiger partial charge in [-0.3, -0.25) is 0 Å². The van der Waals surface area contributed by atoms with Gasteiger partial charge in [0, 0.05) is 71.2 Å². The Morgan fingerprint density at radius 2 is 0.981 bits per heavy atom. The van der Waals surface area contributed by atoms with Crippen LogP contribution >= 0.6 is 46.4 Å². The number of rotatable bonds is 8. The molecule has 0 aliphatic carbocycles. The summed E-state index contributed by atoms with van der Waals surface area (Å²) in [6.45, 7) is 4.16. The number of benzene rings is 4. The zero-order valence-corrected chi connectivity index (χ0v) is 34.0. The molecular weight excluding hydrogens is 758 g/mol. The fourth-order valence-electron chi connectivity index (χ4n) is 8.47. The van der Waals surface area contributed by atoms with Crippen molar-refractivity contribution in [3.63, 3.8) is 0 Å². The second kappa shape index (κ2) is 15.1. The van der Waals surface area contributed by atoms with Crippen LogP contribution in [-0.2, 0) is 25.9 Å². The lowest BCUT2D eigenvalue weighted by Crippen LogP contribution is -2.47. The first kappa shape index (κ1) is 37.2. The van der Waals surface area contributed by atoms with Crippen LogP contribution in [0.3, 0.4) is 0 Å². The van der Waals surface area contributed by atoms with E-state index in [1.807, 2.05) is 34.1 Å². The van der Waals surface area contributed by atoms with E-state index in [-0.39, 0.29) is 17.9 Å². The highest BCUT2D eigenvalue weighted by Gasteiger charge is 2.31. The molecule has 8 rings (SSSR count). The number of hydrogen-bond acceptors (Lipinski definition) is 3. The number of nitrogens with one attached hydrogen (secondary N) is 2. The molecule has 0 radical (unpaired) electrons. The van der Waals surface area contributed by atoms with Gasteiger partial charge >= 0.3 is 6.03 Å². The molecule has 6 aromatic rings. The first-order chi connectivity index (χ1) is 25.9. The van der Waals surface area contributed by atoms with Crippen molar-refractivity contribution >= 4 is 74.2 Å². The quantitative estimate of drug-likeness (QED) is 0.161. The van der Waals surface area contributed by atoms with E-state index in [1.54, 1.807) is 0 Å². The lowest BCUT2D eigenvalue weighted by Gasteiger charge is -2.35. The van der Waals surface area contributed by atoms with Crippen molar-refractivity contribution in [1.82, 2.24) is 29.6 Å². The molecule has 7 nitrogen and oxygen atoms in total. The van der Waals surface area contributed by atoms with Crippen molar-refractivity contribution in [3.8, 4) is 0 Å². The summed E-state index contributed by atoms with van der Waals surface area (Å²) >= 11 is 25.4. The molecule has 2 aliphatic rings. The highest BCUT2D eigenvalue weighted by molar-refractivity contribution is 6.42. The molecule has 2 atom stereocenters. The smallest absolute Gasteiger partial charge is 0.320 e. The largest absolute Gasteiger partial charge is 0.357 e. The van der Waals surface area contributed by atoms with Gasteiger partial charge in [-0.05, 0) is 123 Å². The normalized spacial score (nSPS) is 15.7. The molecule has 0 saturated carbocycles. The predicted molar refractivity (Wildman–Crippen MR) is 224 cm³/mol. The highest BCUT2D eigenvalue weighted by atomic mass is 35.5. The molecule has 2 unspecified atom stereocenters. The number of amides is 2. The van der Waals surface area contributed by atoms with Crippen LogP contribution in [0.1, 0.15) is 56.6 Å². The second-order valence-electron chi connectivity index (χ2n) is 15.4. The molecule has 4 heterocycles. The summed E-state index contributed by atoms with van der Waals surface area (Å²) < 4.78 is 0. The number of halogens is 4. The summed E-state index contributed by atoms with van der Waals surface area (Å²) in [5, 5.41) is 4.71. The summed E-state index contributed by atoms with van der Waals surface area (Å²) in [5.74, 6) is 0.266. The Morgan fingerprint density at radius 3 is 1.37 bits per heavy atom. The second-order valence-corrected chi connectivity index (χ2v) is 17.0. The topological polar surface area (TPSA) is 61.6 Å². The summed E-state index contributed by atoms with van der Waals surface area (Å²) in [6.07, 6.45) is 1.60. The summed E-state index contributed by atoms with van der Waals surface area (Å²) in [6, 6.07) is 25.3. The molecule has 2 amide bonds. The lowest BCUT2D eigenvalue weighted by atomic mass is 9.89. The number of hydrogen-bond donors (Lipinski definition) is 2. The van der Waals surface area contributed by atoms with E-state index in [4.69, 9.17) is 46.4 Å². The Morgan fingerprint density at radius 1 is 0.593 bits per heavy atom. The van der Waals surface area contributed by atoms with Gasteiger partial charge in [-0.25, -0.2) is 4.79 Å². The van der Waals surface area contributed by atoms with E-state index in [9.17, 15) is 4.79 Å². The number of fused-ring (bicyclic) bond motifs is 6. The molecule has 2 aromatic heterocycles. The van der Waals surface area contributed by atoms with Crippen LogP contribution in [0.15, 0.2) is 72.8 Å². The molecule has 0 spiro atoms. The van der Waals surface area contributed by atoms with Gasteiger partial charge in [-0.2, -0.15) is 0 Å². The zero-order valence-electron chi connectivity index (χ0n) is 30.9. The fourth-order valence-corrected chi connectivity index (χ4v) is 9.08. The standard InChI is InChI=1S/C43H44Cl4N6O/c1-50(2)21-33(27-5-9-35(44)37(46)19-27)25-7-11-39-31(17-25)29-13-15-52(23-41(29)48-39)43(54)53-16-14-30-32-18-26(8-12-40(32)49-42(30)24-53)34(22-51(3)4)28-6-10-36(45)38(47)20-28/h5-12,17-20,33-34,48-49H,13-16,21-24H2,1-4H3. The van der Waals surface area contributed by atoms with Crippen LogP contribution in [0.25, 0.3) is 21.8 Å². The van der Waals surface area contributed by atoms with Gasteiger partial charge in [0.1, 0.15) is 0 Å². The molecule has 11 heteroatoms. The fraction of sp³-hybridized carbons (Fsp3) is 0.326. The van der Waals surface area contributed by atoms with E-state index in [1.165, 1.54) is 33.0 Å². The van der Waals surface area contributed by atoms with Gasteiger partial charge in [0.25, 0.3) is 0 Å². The molecule has 280 valence electrons. The number of urea groups is 1. The number of H-pyrrole nitrogens is 2. The van der Waals surface area contributed by atoms with Crippen molar-refractivity contribution in [3.05, 3.63) is 138 Å². The van der Waals surface area contributed by atoms with Crippen LogP contribution < -0.4 is 0 Å². The lowest BCUT2D eigenvalue weighted by molar-refractivity contribution is 0.142. The van der Waals surface area contributed by atoms with Crippen LogP contribution in [0.5, 0.6) is 0 Å². The maximum atomic E-state index is 14.1. The third-order valence-corrected chi connectivity index (χ3v) is 12.6. The predicted octanol–water partition coefficient (Wildman–Crippen LogP) is 10.2. The molecule has 54 heavy (non-hydrogen) atoms. The molecule has 0 saturated heterocycles. The first-order valence-corrected chi connectivity index (χ1v) is 19.9. The Kier molecular flexibility index (Phi) is 10.4. The summed E-state index contributed by atoms with van der Waals surface area (Å²) in [5.41, 5.74) is 11.8. The van der Waals surface area contributed by atoms with Gasteiger partial charge in [0.2, 0.25) is 0 Å². The monoisotopic (exact) mass is 800 g/mol. The average molecular weight is 803 g/mol. The third kappa shape index (κ3) is 7.23. The maximum absolute atomic E-state index is 14.1. The summed E-state index contributed by atoms with van der Waals surface area (Å²) in [4.78, 5) is 29.8. The molecule has 0 fully saturated rings. The van der Waals surface area contributed by atoms with Gasteiger partial charge in [-0.1, -0.05) is 70.7 Å². The minimum Gasteiger partial charge on any atom is -0.357 e. The number of nitrogens with zero attached hydrogens (tertiary/aromatic N) is 4. The minimum absolute atomic E-state index is 0.0846. The number of likely N-dealkylation sites (N-methyl/N-ethyl adjacent to an activating group) is 2. The van der Waals surface area contributed by atoms with E-state index in [2.05, 4.69) is 96.5 Å². The number of carbonyl (C=O) groups excluding carboxylic acids is 1. The SMILES string of the molecule is CN(C)CC(c1ccc(Cl)c(Cl)c1)c1ccc2[nH]c3c(c2c1)CCN(C(=O)N1CCc2c([nH]c4ccc(C(CN(C)C)c5ccc(Cl)c(Cl)c5)cc24)C1)C3. The Bertz CT molecular complexity index is 2220. The van der Waals surface area contributed by atoms with Crippen LogP contribution in [0.4, 0.5) is 4.79 Å². The Balaban J connectivity index is 1.01. The average Bonchev–Trinajstić information content (AvgIpc) is 3.71. The molecule has 4 aromatic carbocycles. The number of carbonyl (C=O) groups is 1. The molecule has 2 aliphatic heterocycles. The third-order valence-electron chi connectivity index (χ3n) is 11.1. The van der Waals surface area contributed by atoms with E-state index >= 15 is 0 Å². The van der Waals surface area contributed by atoms with E-state index in [0.717, 1.165) is 59.5 Å². The number of aromatic nitrogens is 2. The Hall–Kier alpha value is -3.69. The molecular formula is C43H44Cl4N6O. The van der Waals surface area contributed by atoms with Crippen molar-refractivity contribution in [1.29, 1.82) is 0 Å². The molecule has 2 N–H and O–H groups in total. The van der Waals surface area contributed by atoms with Crippen molar-refractivity contribution in [2.75, 3.05) is 54.4 Å². The highest BCUT2D eigenvalue weighted by Crippen LogP contribution is 2.37. The maximum Gasteiger partial charge on any atom is 0.320 e. The van der Waals surface area contributed by atoms with Gasteiger partial charge in [0.15, 0.2) is 0 Å².